The smallest absolute Gasteiger partial charge is 0.315 e. The third kappa shape index (κ3) is 2.97. The van der Waals surface area contributed by atoms with Crippen LogP contribution < -0.4 is 10.6 Å². The summed E-state index contributed by atoms with van der Waals surface area (Å²) in [4.78, 5) is 11.3. The molecule has 1 aromatic rings. The molecule has 1 aromatic heterocycles. The molecular weight excluding hydrogens is 192 g/mol. The Bertz CT molecular complexity index is 343. The third-order valence-electron chi connectivity index (χ3n) is 2.40. The molecule has 15 heavy (non-hydrogen) atoms. The van der Waals surface area contributed by atoms with E-state index in [1.807, 2.05) is 13.0 Å². The van der Waals surface area contributed by atoms with Crippen molar-refractivity contribution < 1.29 is 4.79 Å². The van der Waals surface area contributed by atoms with Crippen molar-refractivity contribution in [1.29, 1.82) is 0 Å². The van der Waals surface area contributed by atoms with E-state index in [0.717, 1.165) is 30.7 Å². The predicted octanol–water partition coefficient (Wildman–Crippen LogP) is 0.934. The number of rotatable bonds is 4. The molecule has 5 heteroatoms. The van der Waals surface area contributed by atoms with E-state index in [0.29, 0.717) is 12.6 Å². The number of carbonyl (C=O) groups is 1. The van der Waals surface area contributed by atoms with Crippen molar-refractivity contribution in [2.24, 2.45) is 0 Å². The Morgan fingerprint density at radius 3 is 3.07 bits per heavy atom. The van der Waals surface area contributed by atoms with E-state index in [2.05, 4.69) is 20.8 Å². The summed E-state index contributed by atoms with van der Waals surface area (Å²) in [5.41, 5.74) is 1.96. The molecule has 5 nitrogen and oxygen atoms in total. The van der Waals surface area contributed by atoms with Crippen LogP contribution in [0.4, 0.5) is 4.79 Å². The second-order valence-corrected chi connectivity index (χ2v) is 3.84. The molecule has 0 atom stereocenters. The van der Waals surface area contributed by atoms with Gasteiger partial charge in [-0.1, -0.05) is 6.92 Å². The lowest BCUT2D eigenvalue weighted by Gasteiger charge is -2.04. The average molecular weight is 208 g/mol. The Morgan fingerprint density at radius 2 is 2.47 bits per heavy atom. The first-order valence-corrected chi connectivity index (χ1v) is 5.35. The summed E-state index contributed by atoms with van der Waals surface area (Å²) in [7, 11) is 0. The van der Waals surface area contributed by atoms with E-state index in [-0.39, 0.29) is 6.03 Å². The van der Waals surface area contributed by atoms with Crippen LogP contribution in [-0.2, 0) is 13.0 Å². The third-order valence-corrected chi connectivity index (χ3v) is 2.40. The lowest BCUT2D eigenvalue weighted by atomic mass is 10.3. The Hall–Kier alpha value is -1.52. The van der Waals surface area contributed by atoms with Gasteiger partial charge < -0.3 is 10.6 Å². The van der Waals surface area contributed by atoms with Crippen LogP contribution in [0, 0.1) is 0 Å². The molecule has 1 aliphatic rings. The highest BCUT2D eigenvalue weighted by atomic mass is 16.2. The van der Waals surface area contributed by atoms with Gasteiger partial charge >= 0.3 is 6.03 Å². The van der Waals surface area contributed by atoms with Crippen molar-refractivity contribution in [3.05, 3.63) is 17.5 Å². The molecule has 0 aromatic carbocycles. The second kappa shape index (κ2) is 4.33. The number of nitrogens with zero attached hydrogens (tertiary/aromatic N) is 1. The van der Waals surface area contributed by atoms with Crippen molar-refractivity contribution in [2.45, 2.75) is 38.8 Å². The summed E-state index contributed by atoms with van der Waals surface area (Å²) in [6.07, 6.45) is 3.12. The maximum Gasteiger partial charge on any atom is 0.315 e. The van der Waals surface area contributed by atoms with Gasteiger partial charge in [0.2, 0.25) is 0 Å². The van der Waals surface area contributed by atoms with Gasteiger partial charge in [0.15, 0.2) is 0 Å². The highest BCUT2D eigenvalue weighted by Gasteiger charge is 2.22. The molecule has 0 saturated heterocycles. The van der Waals surface area contributed by atoms with Crippen molar-refractivity contribution in [1.82, 2.24) is 20.8 Å². The number of aryl methyl sites for hydroxylation is 1. The minimum Gasteiger partial charge on any atom is -0.335 e. The molecular formula is C10H16N4O. The number of carbonyl (C=O) groups excluding carboxylic acids is 1. The molecule has 0 bridgehead atoms. The quantitative estimate of drug-likeness (QED) is 0.689. The van der Waals surface area contributed by atoms with Crippen LogP contribution in [0.5, 0.6) is 0 Å². The van der Waals surface area contributed by atoms with Crippen molar-refractivity contribution in [3.8, 4) is 0 Å². The summed E-state index contributed by atoms with van der Waals surface area (Å²) in [5.74, 6) is 0. The summed E-state index contributed by atoms with van der Waals surface area (Å²) in [6, 6.07) is 2.28. The van der Waals surface area contributed by atoms with E-state index < -0.39 is 0 Å². The fraction of sp³-hybridized carbons (Fsp3) is 0.600. The van der Waals surface area contributed by atoms with E-state index in [1.54, 1.807) is 0 Å². The van der Waals surface area contributed by atoms with E-state index in [4.69, 9.17) is 0 Å². The zero-order chi connectivity index (χ0) is 10.7. The molecule has 2 amide bonds. The first kappa shape index (κ1) is 10.0. The molecule has 0 spiro atoms. The number of aromatic nitrogens is 2. The van der Waals surface area contributed by atoms with Crippen molar-refractivity contribution in [2.75, 3.05) is 0 Å². The number of H-pyrrole nitrogens is 1. The van der Waals surface area contributed by atoms with Gasteiger partial charge in [0.1, 0.15) is 0 Å². The van der Waals surface area contributed by atoms with Crippen LogP contribution in [0.2, 0.25) is 0 Å². The normalized spacial score (nSPS) is 15.0. The predicted molar refractivity (Wildman–Crippen MR) is 56.4 cm³/mol. The summed E-state index contributed by atoms with van der Waals surface area (Å²) in [5, 5.41) is 12.6. The topological polar surface area (TPSA) is 69.8 Å². The van der Waals surface area contributed by atoms with Crippen LogP contribution in [0.15, 0.2) is 6.07 Å². The Morgan fingerprint density at radius 1 is 1.67 bits per heavy atom. The minimum atomic E-state index is -0.0925. The van der Waals surface area contributed by atoms with Crippen LogP contribution in [-0.4, -0.2) is 22.3 Å². The molecule has 0 radical (unpaired) electrons. The number of urea groups is 1. The van der Waals surface area contributed by atoms with Gasteiger partial charge in [0.05, 0.1) is 17.9 Å². The van der Waals surface area contributed by atoms with Gasteiger partial charge in [0, 0.05) is 6.04 Å². The summed E-state index contributed by atoms with van der Waals surface area (Å²) >= 11 is 0. The molecule has 3 N–H and O–H groups in total. The fourth-order valence-corrected chi connectivity index (χ4v) is 1.32. The van der Waals surface area contributed by atoms with Crippen LogP contribution in [0.1, 0.15) is 31.2 Å². The minimum absolute atomic E-state index is 0.0925. The van der Waals surface area contributed by atoms with Gasteiger partial charge in [-0.05, 0) is 25.3 Å². The van der Waals surface area contributed by atoms with E-state index in [1.165, 1.54) is 0 Å². The van der Waals surface area contributed by atoms with Gasteiger partial charge in [-0.2, -0.15) is 5.10 Å². The molecule has 1 heterocycles. The average Bonchev–Trinajstić information content (AvgIpc) is 2.92. The Labute approximate surface area is 88.6 Å². The number of nitrogens with one attached hydrogen (secondary N) is 3. The first-order valence-electron chi connectivity index (χ1n) is 5.35. The van der Waals surface area contributed by atoms with Gasteiger partial charge in [-0.25, -0.2) is 4.79 Å². The van der Waals surface area contributed by atoms with Gasteiger partial charge in [0.25, 0.3) is 0 Å². The largest absolute Gasteiger partial charge is 0.335 e. The molecule has 1 aliphatic carbocycles. The molecule has 1 saturated carbocycles. The SMILES string of the molecule is CCc1cc(CNC(=O)NC2CC2)[nH]n1. The van der Waals surface area contributed by atoms with Gasteiger partial charge in [-0.15, -0.1) is 0 Å². The van der Waals surface area contributed by atoms with Crippen LogP contribution in [0.3, 0.4) is 0 Å². The standard InChI is InChI=1S/C10H16N4O/c1-2-7-5-9(14-13-7)6-11-10(15)12-8-3-4-8/h5,8H,2-4,6H2,1H3,(H,13,14)(H2,11,12,15). The van der Waals surface area contributed by atoms with E-state index >= 15 is 0 Å². The monoisotopic (exact) mass is 208 g/mol. The zero-order valence-electron chi connectivity index (χ0n) is 8.84. The number of hydrogen-bond donors (Lipinski definition) is 3. The highest BCUT2D eigenvalue weighted by Crippen LogP contribution is 2.18. The Balaban J connectivity index is 1.73. The lowest BCUT2D eigenvalue weighted by molar-refractivity contribution is 0.240. The highest BCUT2D eigenvalue weighted by molar-refractivity contribution is 5.74. The maximum absolute atomic E-state index is 11.3. The summed E-state index contributed by atoms with van der Waals surface area (Å²) < 4.78 is 0. The van der Waals surface area contributed by atoms with Crippen molar-refractivity contribution in [3.63, 3.8) is 0 Å². The lowest BCUT2D eigenvalue weighted by Crippen LogP contribution is -2.36. The van der Waals surface area contributed by atoms with E-state index in [9.17, 15) is 4.79 Å². The number of aromatic amines is 1. The maximum atomic E-state index is 11.3. The first-order chi connectivity index (χ1) is 7.28. The second-order valence-electron chi connectivity index (χ2n) is 3.84. The fourth-order valence-electron chi connectivity index (χ4n) is 1.32. The molecule has 0 unspecified atom stereocenters. The number of hydrogen-bond acceptors (Lipinski definition) is 2. The van der Waals surface area contributed by atoms with Crippen molar-refractivity contribution >= 4 is 6.03 Å². The molecule has 2 rings (SSSR count). The Kier molecular flexibility index (Phi) is 2.89. The molecule has 1 fully saturated rings. The molecule has 0 aliphatic heterocycles. The summed E-state index contributed by atoms with van der Waals surface area (Å²) in [6.45, 7) is 2.55. The van der Waals surface area contributed by atoms with Crippen LogP contribution in [0.25, 0.3) is 0 Å². The van der Waals surface area contributed by atoms with Gasteiger partial charge in [-0.3, -0.25) is 5.10 Å². The zero-order valence-corrected chi connectivity index (χ0v) is 8.84. The van der Waals surface area contributed by atoms with Crippen LogP contribution >= 0.6 is 0 Å². The molecule has 82 valence electrons. The number of amides is 2.